The second-order valence-electron chi connectivity index (χ2n) is 5.56. The molecule has 2 rings (SSSR count). The Bertz CT molecular complexity index is 635. The predicted molar refractivity (Wildman–Crippen MR) is 75.6 cm³/mol. The van der Waals surface area contributed by atoms with Crippen molar-refractivity contribution in [3.05, 3.63) is 28.3 Å². The fraction of sp³-hybridized carbons (Fsp3) is 0.500. The third-order valence-corrected chi connectivity index (χ3v) is 3.47. The number of hydrogen-bond donors (Lipinski definition) is 1. The lowest BCUT2D eigenvalue weighted by atomic mass is 10.1. The average Bonchev–Trinajstić information content (AvgIpc) is 3.13. The van der Waals surface area contributed by atoms with Crippen LogP contribution >= 0.6 is 0 Å². The maximum atomic E-state index is 11.6. The number of hydrogen-bond acceptors (Lipinski definition) is 5. The number of carbonyl (C=O) groups excluding carboxylic acids is 1. The second-order valence-corrected chi connectivity index (χ2v) is 5.56. The summed E-state index contributed by atoms with van der Waals surface area (Å²) in [7, 11) is 0. The van der Waals surface area contributed by atoms with Crippen molar-refractivity contribution in [2.45, 2.75) is 20.3 Å². The van der Waals surface area contributed by atoms with Gasteiger partial charge in [-0.1, -0.05) is 13.8 Å². The molecule has 1 radical (unpaired) electrons. The highest BCUT2D eigenvalue weighted by Crippen LogP contribution is 2.52. The van der Waals surface area contributed by atoms with Crippen molar-refractivity contribution in [1.29, 1.82) is 0 Å². The standard InChI is InChI=1S/C14H18N3O4/c1-9(2)12(19)21-8-14(7-18)5-10(14)6-17-4-3-11(15)16-13(17)20/h3-4,6,9H,5,7-8H2,1-2H3,(H2,15,16,20)/b10-6-/t14-/m0/s1. The van der Waals surface area contributed by atoms with Crippen LogP contribution in [-0.4, -0.2) is 28.7 Å². The van der Waals surface area contributed by atoms with Gasteiger partial charge in [0, 0.05) is 12.4 Å². The SMILES string of the molecule is CC(C)C(=O)OC[C@@]1(C[O])C/C1=C/n1ccc(N)nc1=O. The zero-order chi connectivity index (χ0) is 15.6. The summed E-state index contributed by atoms with van der Waals surface area (Å²) in [6, 6.07) is 1.50. The number of aromatic nitrogens is 2. The molecular weight excluding hydrogens is 274 g/mol. The molecule has 1 aliphatic rings. The molecule has 113 valence electrons. The Morgan fingerprint density at radius 2 is 2.33 bits per heavy atom. The molecule has 0 aliphatic heterocycles. The Hall–Kier alpha value is -2.15. The summed E-state index contributed by atoms with van der Waals surface area (Å²) in [5, 5.41) is 11.4. The molecule has 1 heterocycles. The van der Waals surface area contributed by atoms with Crippen molar-refractivity contribution >= 4 is 18.0 Å². The van der Waals surface area contributed by atoms with E-state index < -0.39 is 11.1 Å². The minimum atomic E-state index is -0.689. The summed E-state index contributed by atoms with van der Waals surface area (Å²) in [4.78, 5) is 26.7. The molecule has 1 atom stereocenters. The molecule has 1 aliphatic carbocycles. The Morgan fingerprint density at radius 1 is 1.62 bits per heavy atom. The third kappa shape index (κ3) is 3.30. The van der Waals surface area contributed by atoms with Gasteiger partial charge in [0.05, 0.1) is 17.9 Å². The highest BCUT2D eigenvalue weighted by molar-refractivity contribution is 5.71. The number of anilines is 1. The Morgan fingerprint density at radius 3 is 2.90 bits per heavy atom. The van der Waals surface area contributed by atoms with Crippen molar-refractivity contribution in [3.8, 4) is 0 Å². The largest absolute Gasteiger partial charge is 0.464 e. The summed E-state index contributed by atoms with van der Waals surface area (Å²) in [6.07, 6.45) is 3.57. The van der Waals surface area contributed by atoms with Gasteiger partial charge in [-0.2, -0.15) is 4.98 Å². The third-order valence-electron chi connectivity index (χ3n) is 3.47. The lowest BCUT2D eigenvalue weighted by molar-refractivity contribution is -0.149. The number of nitrogen functional groups attached to an aromatic ring is 1. The molecule has 1 aromatic rings. The van der Waals surface area contributed by atoms with Crippen LogP contribution in [0.15, 0.2) is 22.6 Å². The van der Waals surface area contributed by atoms with E-state index >= 15 is 0 Å². The van der Waals surface area contributed by atoms with Crippen LogP contribution in [0.25, 0.3) is 6.20 Å². The molecule has 1 saturated carbocycles. The van der Waals surface area contributed by atoms with Crippen LogP contribution in [0.1, 0.15) is 20.3 Å². The summed E-state index contributed by atoms with van der Waals surface area (Å²) >= 11 is 0. The summed E-state index contributed by atoms with van der Waals surface area (Å²) in [5.74, 6) is -0.421. The van der Waals surface area contributed by atoms with Crippen molar-refractivity contribution in [2.24, 2.45) is 11.3 Å². The van der Waals surface area contributed by atoms with E-state index in [0.29, 0.717) is 6.42 Å². The Kier molecular flexibility index (Phi) is 4.13. The van der Waals surface area contributed by atoms with Crippen LogP contribution in [0.5, 0.6) is 0 Å². The van der Waals surface area contributed by atoms with Gasteiger partial charge in [0.25, 0.3) is 0 Å². The zero-order valence-corrected chi connectivity index (χ0v) is 12.0. The van der Waals surface area contributed by atoms with Gasteiger partial charge in [0.15, 0.2) is 0 Å². The van der Waals surface area contributed by atoms with E-state index in [-0.39, 0.29) is 30.9 Å². The van der Waals surface area contributed by atoms with E-state index in [1.54, 1.807) is 20.0 Å². The number of ether oxygens (including phenoxy) is 1. The number of nitrogens with zero attached hydrogens (tertiary/aromatic N) is 2. The highest BCUT2D eigenvalue weighted by Gasteiger charge is 2.50. The molecule has 7 heteroatoms. The molecule has 0 unspecified atom stereocenters. The maximum Gasteiger partial charge on any atom is 0.353 e. The molecule has 0 spiro atoms. The first-order valence-electron chi connectivity index (χ1n) is 6.68. The number of carbonyl (C=O) groups is 1. The van der Waals surface area contributed by atoms with E-state index in [2.05, 4.69) is 4.98 Å². The highest BCUT2D eigenvalue weighted by atomic mass is 16.5. The molecule has 7 nitrogen and oxygen atoms in total. The molecule has 0 aromatic carbocycles. The van der Waals surface area contributed by atoms with Crippen molar-refractivity contribution in [3.63, 3.8) is 0 Å². The first-order chi connectivity index (χ1) is 9.88. The molecule has 1 fully saturated rings. The molecule has 21 heavy (non-hydrogen) atoms. The van der Waals surface area contributed by atoms with Crippen LogP contribution in [0.4, 0.5) is 5.82 Å². The van der Waals surface area contributed by atoms with Gasteiger partial charge in [0.2, 0.25) is 0 Å². The summed E-state index contributed by atoms with van der Waals surface area (Å²) in [5.41, 5.74) is 5.00. The topological polar surface area (TPSA) is 107 Å². The van der Waals surface area contributed by atoms with Gasteiger partial charge >= 0.3 is 11.7 Å². The van der Waals surface area contributed by atoms with Crippen LogP contribution in [0.2, 0.25) is 0 Å². The van der Waals surface area contributed by atoms with Crippen LogP contribution in [0, 0.1) is 11.3 Å². The lowest BCUT2D eigenvalue weighted by Gasteiger charge is -2.12. The van der Waals surface area contributed by atoms with Crippen molar-refractivity contribution < 1.29 is 14.6 Å². The molecule has 0 amide bonds. The van der Waals surface area contributed by atoms with Crippen molar-refractivity contribution in [2.75, 3.05) is 18.9 Å². The fourth-order valence-electron chi connectivity index (χ4n) is 1.90. The lowest BCUT2D eigenvalue weighted by Crippen LogP contribution is -2.22. The Balaban J connectivity index is 2.10. The van der Waals surface area contributed by atoms with Gasteiger partial charge in [0.1, 0.15) is 12.4 Å². The van der Waals surface area contributed by atoms with E-state index in [0.717, 1.165) is 5.57 Å². The first-order valence-corrected chi connectivity index (χ1v) is 6.68. The normalized spacial score (nSPS) is 22.6. The van der Waals surface area contributed by atoms with Crippen LogP contribution in [0.3, 0.4) is 0 Å². The average molecular weight is 292 g/mol. The van der Waals surface area contributed by atoms with Crippen LogP contribution in [-0.2, 0) is 14.6 Å². The van der Waals surface area contributed by atoms with Gasteiger partial charge in [-0.15, -0.1) is 0 Å². The van der Waals surface area contributed by atoms with Crippen molar-refractivity contribution in [1.82, 2.24) is 9.55 Å². The molecule has 0 bridgehead atoms. The fourth-order valence-corrected chi connectivity index (χ4v) is 1.90. The molecule has 1 aromatic heterocycles. The molecule has 2 N–H and O–H groups in total. The maximum absolute atomic E-state index is 11.6. The van der Waals surface area contributed by atoms with E-state index in [1.165, 1.54) is 16.8 Å². The van der Waals surface area contributed by atoms with Crippen LogP contribution < -0.4 is 11.4 Å². The number of rotatable bonds is 5. The molecular formula is C14H18N3O4. The van der Waals surface area contributed by atoms with Gasteiger partial charge in [-0.25, -0.2) is 9.90 Å². The predicted octanol–water partition coefficient (Wildman–Crippen LogP) is 0.686. The van der Waals surface area contributed by atoms with E-state index in [4.69, 9.17) is 10.5 Å². The van der Waals surface area contributed by atoms with Gasteiger partial charge < -0.3 is 10.5 Å². The second kappa shape index (κ2) is 5.69. The summed E-state index contributed by atoms with van der Waals surface area (Å²) < 4.78 is 6.41. The van der Waals surface area contributed by atoms with E-state index in [9.17, 15) is 14.7 Å². The number of nitrogens with two attached hydrogens (primary N) is 1. The summed E-state index contributed by atoms with van der Waals surface area (Å²) in [6.45, 7) is 3.13. The monoisotopic (exact) mass is 292 g/mol. The minimum Gasteiger partial charge on any atom is -0.464 e. The Labute approximate surface area is 122 Å². The number of esters is 1. The first kappa shape index (κ1) is 15.2. The van der Waals surface area contributed by atoms with E-state index in [1.807, 2.05) is 0 Å². The zero-order valence-electron chi connectivity index (χ0n) is 12.0. The quantitative estimate of drug-likeness (QED) is 0.803. The smallest absolute Gasteiger partial charge is 0.353 e. The van der Waals surface area contributed by atoms with Gasteiger partial charge in [-0.3, -0.25) is 9.36 Å². The van der Waals surface area contributed by atoms with Gasteiger partial charge in [-0.05, 0) is 18.1 Å². The molecule has 0 saturated heterocycles. The minimum absolute atomic E-state index is 0.0521.